The summed E-state index contributed by atoms with van der Waals surface area (Å²) in [6.07, 6.45) is 0. The Balaban J connectivity index is 3.00. The molecule has 0 fully saturated rings. The van der Waals surface area contributed by atoms with Gasteiger partial charge in [0.25, 0.3) is 0 Å². The van der Waals surface area contributed by atoms with Gasteiger partial charge in [-0.2, -0.15) is 0 Å². The molecule has 0 unspecified atom stereocenters. The first-order chi connectivity index (χ1) is 4.70. The van der Waals surface area contributed by atoms with Crippen molar-refractivity contribution >= 4 is 11.7 Å². The third-order valence-electron chi connectivity index (χ3n) is 0.961. The van der Waals surface area contributed by atoms with Crippen LogP contribution >= 0.6 is 0 Å². The lowest BCUT2D eigenvalue weighted by Gasteiger charge is -1.93. The molecule has 0 aliphatic carbocycles. The predicted octanol–water partition coefficient (Wildman–Crippen LogP) is -0.657. The molecule has 52 valence electrons. The predicted molar refractivity (Wildman–Crippen MR) is 37.5 cm³/mol. The second kappa shape index (κ2) is 2.30. The molecule has 10 heavy (non-hydrogen) atoms. The van der Waals surface area contributed by atoms with Crippen molar-refractivity contribution in [2.24, 2.45) is 5.73 Å². The first-order valence-electron chi connectivity index (χ1n) is 2.64. The number of hydrogen-bond donors (Lipinski definition) is 3. The van der Waals surface area contributed by atoms with Gasteiger partial charge in [-0.05, 0) is 12.1 Å². The van der Waals surface area contributed by atoms with Crippen LogP contribution in [0.4, 0.5) is 5.82 Å². The van der Waals surface area contributed by atoms with Crippen molar-refractivity contribution in [1.82, 2.24) is 10.2 Å². The minimum Gasteiger partial charge on any atom is -0.382 e. The highest BCUT2D eigenvalue weighted by Crippen LogP contribution is 1.94. The Labute approximate surface area is 57.6 Å². The molecule has 5 nitrogen and oxygen atoms in total. The lowest BCUT2D eigenvalue weighted by atomic mass is 10.4. The lowest BCUT2D eigenvalue weighted by Crippen LogP contribution is -2.13. The van der Waals surface area contributed by atoms with Gasteiger partial charge >= 0.3 is 0 Å². The molecule has 1 rings (SSSR count). The van der Waals surface area contributed by atoms with Gasteiger partial charge in [0.15, 0.2) is 0 Å². The van der Waals surface area contributed by atoms with Gasteiger partial charge in [-0.15, -0.1) is 10.2 Å². The second-order valence-corrected chi connectivity index (χ2v) is 1.76. The normalized spacial score (nSPS) is 9.20. The zero-order chi connectivity index (χ0) is 7.56. The quantitative estimate of drug-likeness (QED) is 0.353. The van der Waals surface area contributed by atoms with E-state index in [9.17, 15) is 0 Å². The van der Waals surface area contributed by atoms with Crippen molar-refractivity contribution in [2.45, 2.75) is 0 Å². The van der Waals surface area contributed by atoms with Crippen LogP contribution in [0.1, 0.15) is 5.69 Å². The van der Waals surface area contributed by atoms with Crippen LogP contribution in [-0.2, 0) is 0 Å². The Hall–Kier alpha value is -1.65. The van der Waals surface area contributed by atoms with Crippen LogP contribution in [-0.4, -0.2) is 16.0 Å². The monoisotopic (exact) mass is 137 g/mol. The van der Waals surface area contributed by atoms with Gasteiger partial charge in [-0.3, -0.25) is 5.41 Å². The molecule has 0 spiro atoms. The molecule has 0 aliphatic heterocycles. The number of nitrogens with zero attached hydrogens (tertiary/aromatic N) is 2. The smallest absolute Gasteiger partial charge is 0.146 e. The topological polar surface area (TPSA) is 102 Å². The Kier molecular flexibility index (Phi) is 1.49. The highest BCUT2D eigenvalue weighted by Gasteiger charge is 1.95. The maximum atomic E-state index is 6.94. The van der Waals surface area contributed by atoms with Gasteiger partial charge < -0.3 is 11.5 Å². The summed E-state index contributed by atoms with van der Waals surface area (Å²) in [5, 5.41) is 14.0. The third-order valence-corrected chi connectivity index (χ3v) is 0.961. The van der Waals surface area contributed by atoms with Crippen LogP contribution in [0.5, 0.6) is 0 Å². The van der Waals surface area contributed by atoms with Crippen LogP contribution in [0.2, 0.25) is 0 Å². The highest BCUT2D eigenvalue weighted by molar-refractivity contribution is 5.92. The van der Waals surface area contributed by atoms with Gasteiger partial charge in [-0.1, -0.05) is 0 Å². The summed E-state index contributed by atoms with van der Waals surface area (Å²) in [5.41, 5.74) is 10.7. The van der Waals surface area contributed by atoms with Crippen LogP contribution in [0.3, 0.4) is 0 Å². The van der Waals surface area contributed by atoms with Crippen molar-refractivity contribution in [1.29, 1.82) is 5.41 Å². The fourth-order valence-electron chi connectivity index (χ4n) is 0.486. The van der Waals surface area contributed by atoms with Crippen molar-refractivity contribution in [2.75, 3.05) is 5.73 Å². The van der Waals surface area contributed by atoms with Crippen LogP contribution < -0.4 is 11.5 Å². The minimum atomic E-state index is -0.104. The zero-order valence-corrected chi connectivity index (χ0v) is 5.20. The van der Waals surface area contributed by atoms with Crippen molar-refractivity contribution < 1.29 is 0 Å². The summed E-state index contributed by atoms with van der Waals surface area (Å²) in [6.45, 7) is 0. The molecule has 0 amide bonds. The van der Waals surface area contributed by atoms with E-state index in [1.807, 2.05) is 0 Å². The van der Waals surface area contributed by atoms with E-state index in [1.165, 1.54) is 0 Å². The molecule has 0 bridgehead atoms. The Morgan fingerprint density at radius 1 is 1.40 bits per heavy atom. The first kappa shape index (κ1) is 6.47. The molecule has 0 aliphatic rings. The molecule has 0 atom stereocenters. The van der Waals surface area contributed by atoms with Crippen LogP contribution in [0.15, 0.2) is 12.1 Å². The van der Waals surface area contributed by atoms with E-state index in [0.717, 1.165) is 0 Å². The van der Waals surface area contributed by atoms with E-state index in [0.29, 0.717) is 11.5 Å². The fourth-order valence-corrected chi connectivity index (χ4v) is 0.486. The minimum absolute atomic E-state index is 0.104. The Morgan fingerprint density at radius 2 is 2.10 bits per heavy atom. The lowest BCUT2D eigenvalue weighted by molar-refractivity contribution is 1.02. The van der Waals surface area contributed by atoms with Gasteiger partial charge in [0, 0.05) is 0 Å². The molecule has 0 saturated carbocycles. The van der Waals surface area contributed by atoms with Crippen LogP contribution in [0.25, 0.3) is 0 Å². The van der Waals surface area contributed by atoms with Gasteiger partial charge in [0.1, 0.15) is 17.3 Å². The van der Waals surface area contributed by atoms with E-state index >= 15 is 0 Å². The maximum absolute atomic E-state index is 6.94. The Bertz CT molecular complexity index is 239. The molecule has 1 aromatic heterocycles. The summed E-state index contributed by atoms with van der Waals surface area (Å²) in [5.74, 6) is 0.220. The maximum Gasteiger partial charge on any atom is 0.146 e. The molecular formula is C5H7N5. The third kappa shape index (κ3) is 1.19. The standard InChI is InChI=1S/C5H7N5/c6-4-2-1-3(5(7)8)9-10-4/h1-2H,(H2,6,10)(H3,7,8). The largest absolute Gasteiger partial charge is 0.382 e. The number of rotatable bonds is 1. The summed E-state index contributed by atoms with van der Waals surface area (Å²) in [6, 6.07) is 3.09. The average molecular weight is 137 g/mol. The number of hydrogen-bond acceptors (Lipinski definition) is 4. The summed E-state index contributed by atoms with van der Waals surface area (Å²) < 4.78 is 0. The molecular weight excluding hydrogens is 130 g/mol. The molecule has 5 heteroatoms. The number of nitrogens with two attached hydrogens (primary N) is 2. The number of anilines is 1. The average Bonchev–Trinajstić information content (AvgIpc) is 1.88. The van der Waals surface area contributed by atoms with Gasteiger partial charge in [0.2, 0.25) is 0 Å². The van der Waals surface area contributed by atoms with E-state index in [2.05, 4.69) is 10.2 Å². The zero-order valence-electron chi connectivity index (χ0n) is 5.20. The highest BCUT2D eigenvalue weighted by atomic mass is 15.1. The van der Waals surface area contributed by atoms with E-state index in [4.69, 9.17) is 16.9 Å². The molecule has 0 radical (unpaired) electrons. The number of amidine groups is 1. The molecule has 5 N–H and O–H groups in total. The first-order valence-corrected chi connectivity index (χ1v) is 2.64. The van der Waals surface area contributed by atoms with Gasteiger partial charge in [0.05, 0.1) is 0 Å². The fraction of sp³-hybridized carbons (Fsp3) is 0. The van der Waals surface area contributed by atoms with E-state index < -0.39 is 0 Å². The summed E-state index contributed by atoms with van der Waals surface area (Å²) in [4.78, 5) is 0. The number of nitrogens with one attached hydrogen (secondary N) is 1. The van der Waals surface area contributed by atoms with Crippen LogP contribution in [0, 0.1) is 5.41 Å². The molecule has 1 heterocycles. The van der Waals surface area contributed by atoms with E-state index in [-0.39, 0.29) is 5.84 Å². The van der Waals surface area contributed by atoms with E-state index in [1.54, 1.807) is 12.1 Å². The molecule has 1 aromatic rings. The SMILES string of the molecule is N=C(N)c1ccc(N)nn1. The Morgan fingerprint density at radius 3 is 2.50 bits per heavy atom. The number of nitrogen functional groups attached to an aromatic ring is 2. The summed E-state index contributed by atoms with van der Waals surface area (Å²) in [7, 11) is 0. The van der Waals surface area contributed by atoms with Crippen molar-refractivity contribution in [3.63, 3.8) is 0 Å². The molecule has 0 saturated heterocycles. The van der Waals surface area contributed by atoms with Crippen molar-refractivity contribution in [3.05, 3.63) is 17.8 Å². The van der Waals surface area contributed by atoms with Gasteiger partial charge in [-0.25, -0.2) is 0 Å². The summed E-state index contributed by atoms with van der Waals surface area (Å²) >= 11 is 0. The number of aromatic nitrogens is 2. The van der Waals surface area contributed by atoms with Crippen molar-refractivity contribution in [3.8, 4) is 0 Å². The second-order valence-electron chi connectivity index (χ2n) is 1.76. The molecule has 0 aromatic carbocycles.